The number of nitrogens with one attached hydrogen (secondary N) is 1. The molecule has 0 radical (unpaired) electrons. The lowest BCUT2D eigenvalue weighted by Crippen LogP contribution is -2.12. The quantitative estimate of drug-likeness (QED) is 0.266. The molecule has 1 aliphatic rings. The fraction of sp³-hybridized carbons (Fsp3) is 0.167. The lowest BCUT2D eigenvalue weighted by atomic mass is 10.1. The number of nitrogens with zero attached hydrogens (tertiary/aromatic N) is 3. The molecular weight excluding hydrogens is 478 g/mol. The topological polar surface area (TPSA) is 86.0 Å². The lowest BCUT2D eigenvalue weighted by molar-refractivity contribution is 0.314. The number of anilines is 2. The Balaban J connectivity index is 0.000000179. The summed E-state index contributed by atoms with van der Waals surface area (Å²) in [5.41, 5.74) is 13.6. The molecule has 2 heterocycles. The number of benzene rings is 3. The molecule has 3 aromatic carbocycles. The first-order valence-electron chi connectivity index (χ1n) is 12.2. The third-order valence-corrected chi connectivity index (χ3v) is 6.93. The van der Waals surface area contributed by atoms with E-state index in [0.29, 0.717) is 30.7 Å². The standard InChI is InChI=1S/C17H19N5OS.C13H10/c1-11-3-5-13(6-4-11)14-10-19-17(24-14)22-15-9-16(23-8-7-18)21-12(2)20-15;1-3-7-12-10(5-1)9-11-6-2-4-8-13(11)12/h3-6,9-10H,7-8,18H2,1-2H3,(H,19,20,21,22);1-8H,9H2. The minimum atomic E-state index is 0.421. The van der Waals surface area contributed by atoms with Gasteiger partial charge in [-0.3, -0.25) is 0 Å². The van der Waals surface area contributed by atoms with Crippen molar-refractivity contribution in [2.24, 2.45) is 5.73 Å². The molecular formula is C30H29N5OS. The van der Waals surface area contributed by atoms with Gasteiger partial charge < -0.3 is 15.8 Å². The van der Waals surface area contributed by atoms with Crippen LogP contribution in [0.2, 0.25) is 0 Å². The largest absolute Gasteiger partial charge is 0.476 e. The van der Waals surface area contributed by atoms with Crippen LogP contribution < -0.4 is 15.8 Å². The van der Waals surface area contributed by atoms with E-state index in [4.69, 9.17) is 10.5 Å². The average molecular weight is 508 g/mol. The average Bonchev–Trinajstić information content (AvgIpc) is 3.53. The molecule has 0 bridgehead atoms. The third-order valence-electron chi connectivity index (χ3n) is 5.96. The SMILES string of the molecule is Cc1ccc(-c2cnc(Nc3cc(OCCN)nc(C)n3)s2)cc1.c1ccc2c(c1)Cc1ccccc1-2. The minimum absolute atomic E-state index is 0.421. The van der Waals surface area contributed by atoms with Crippen LogP contribution in [0.3, 0.4) is 0 Å². The van der Waals surface area contributed by atoms with Gasteiger partial charge in [-0.15, -0.1) is 0 Å². The van der Waals surface area contributed by atoms with Crippen LogP contribution in [0.25, 0.3) is 21.6 Å². The fourth-order valence-corrected chi connectivity index (χ4v) is 5.04. The maximum Gasteiger partial charge on any atom is 0.218 e. The third kappa shape index (κ3) is 6.02. The van der Waals surface area contributed by atoms with E-state index in [1.807, 2.05) is 13.1 Å². The van der Waals surface area contributed by atoms with Crippen molar-refractivity contribution < 1.29 is 4.74 Å². The molecule has 0 aliphatic heterocycles. The molecule has 5 aromatic rings. The molecule has 37 heavy (non-hydrogen) atoms. The summed E-state index contributed by atoms with van der Waals surface area (Å²) in [6.07, 6.45) is 2.96. The molecule has 0 atom stereocenters. The highest BCUT2D eigenvalue weighted by atomic mass is 32.1. The van der Waals surface area contributed by atoms with Gasteiger partial charge in [0.2, 0.25) is 5.88 Å². The molecule has 0 amide bonds. The number of nitrogens with two attached hydrogens (primary N) is 1. The minimum Gasteiger partial charge on any atom is -0.476 e. The van der Waals surface area contributed by atoms with E-state index in [9.17, 15) is 0 Å². The second-order valence-corrected chi connectivity index (χ2v) is 9.82. The van der Waals surface area contributed by atoms with Crippen LogP contribution in [0.5, 0.6) is 5.88 Å². The van der Waals surface area contributed by atoms with Crippen LogP contribution in [0.15, 0.2) is 85.1 Å². The molecule has 0 unspecified atom stereocenters. The van der Waals surface area contributed by atoms with Crippen LogP contribution in [0.4, 0.5) is 10.9 Å². The Morgan fingerprint density at radius 3 is 2.24 bits per heavy atom. The summed E-state index contributed by atoms with van der Waals surface area (Å²) >= 11 is 1.57. The Kier molecular flexibility index (Phi) is 7.54. The van der Waals surface area contributed by atoms with Crippen LogP contribution in [-0.2, 0) is 6.42 Å². The van der Waals surface area contributed by atoms with Crippen molar-refractivity contribution in [1.29, 1.82) is 0 Å². The first kappa shape index (κ1) is 24.6. The van der Waals surface area contributed by atoms with Gasteiger partial charge in [-0.2, -0.15) is 4.98 Å². The number of fused-ring (bicyclic) bond motifs is 3. The number of aromatic nitrogens is 3. The Labute approximate surface area is 221 Å². The molecule has 3 N–H and O–H groups in total. The monoisotopic (exact) mass is 507 g/mol. The molecule has 6 rings (SSSR count). The molecule has 186 valence electrons. The van der Waals surface area contributed by atoms with Crippen molar-refractivity contribution in [2.45, 2.75) is 20.3 Å². The summed E-state index contributed by atoms with van der Waals surface area (Å²) in [7, 11) is 0. The van der Waals surface area contributed by atoms with E-state index in [1.165, 1.54) is 27.8 Å². The number of aryl methyl sites for hydroxylation is 2. The van der Waals surface area contributed by atoms with Crippen molar-refractivity contribution in [3.63, 3.8) is 0 Å². The number of ether oxygens (including phenoxy) is 1. The Morgan fingerprint density at radius 2 is 1.57 bits per heavy atom. The highest BCUT2D eigenvalue weighted by Crippen LogP contribution is 2.35. The van der Waals surface area contributed by atoms with Gasteiger partial charge in [-0.25, -0.2) is 9.97 Å². The second-order valence-electron chi connectivity index (χ2n) is 8.79. The summed E-state index contributed by atoms with van der Waals surface area (Å²) in [6, 6.07) is 27.4. The Bertz CT molecular complexity index is 1450. The number of rotatable bonds is 6. The van der Waals surface area contributed by atoms with Gasteiger partial charge in [0.05, 0.1) is 4.88 Å². The zero-order valence-corrected chi connectivity index (χ0v) is 21.8. The van der Waals surface area contributed by atoms with Crippen molar-refractivity contribution in [1.82, 2.24) is 15.0 Å². The van der Waals surface area contributed by atoms with Gasteiger partial charge in [-0.1, -0.05) is 89.7 Å². The summed E-state index contributed by atoms with van der Waals surface area (Å²) in [6.45, 7) is 4.76. The van der Waals surface area contributed by atoms with E-state index in [0.717, 1.165) is 22.0 Å². The zero-order chi connectivity index (χ0) is 25.6. The number of hydrogen-bond donors (Lipinski definition) is 2. The molecule has 0 saturated carbocycles. The van der Waals surface area contributed by atoms with Gasteiger partial charge >= 0.3 is 0 Å². The smallest absolute Gasteiger partial charge is 0.218 e. The fourth-order valence-electron chi connectivity index (χ4n) is 4.21. The van der Waals surface area contributed by atoms with Crippen molar-refractivity contribution in [3.05, 3.63) is 108 Å². The highest BCUT2D eigenvalue weighted by Gasteiger charge is 2.16. The summed E-state index contributed by atoms with van der Waals surface area (Å²) in [5.74, 6) is 1.78. The lowest BCUT2D eigenvalue weighted by Gasteiger charge is -2.07. The zero-order valence-electron chi connectivity index (χ0n) is 20.9. The van der Waals surface area contributed by atoms with E-state index < -0.39 is 0 Å². The predicted molar refractivity (Wildman–Crippen MR) is 152 cm³/mol. The highest BCUT2D eigenvalue weighted by molar-refractivity contribution is 7.18. The van der Waals surface area contributed by atoms with Gasteiger partial charge in [0.25, 0.3) is 0 Å². The summed E-state index contributed by atoms with van der Waals surface area (Å²) in [4.78, 5) is 14.1. The van der Waals surface area contributed by atoms with E-state index in [1.54, 1.807) is 17.4 Å². The van der Waals surface area contributed by atoms with E-state index in [2.05, 4.69) is 100.0 Å². The molecule has 1 aliphatic carbocycles. The summed E-state index contributed by atoms with van der Waals surface area (Å²) in [5, 5.41) is 3.98. The van der Waals surface area contributed by atoms with Gasteiger partial charge in [0.15, 0.2) is 5.13 Å². The van der Waals surface area contributed by atoms with Gasteiger partial charge in [0.1, 0.15) is 18.2 Å². The second kappa shape index (κ2) is 11.3. The Hall–Kier alpha value is -4.07. The van der Waals surface area contributed by atoms with Gasteiger partial charge in [0, 0.05) is 18.8 Å². The first-order valence-corrected chi connectivity index (χ1v) is 13.1. The maximum absolute atomic E-state index is 5.47. The normalized spacial score (nSPS) is 11.2. The predicted octanol–water partition coefficient (Wildman–Crippen LogP) is 6.56. The van der Waals surface area contributed by atoms with Crippen molar-refractivity contribution in [3.8, 4) is 27.4 Å². The molecule has 6 nitrogen and oxygen atoms in total. The maximum atomic E-state index is 5.47. The van der Waals surface area contributed by atoms with Crippen LogP contribution in [-0.4, -0.2) is 28.1 Å². The van der Waals surface area contributed by atoms with Gasteiger partial charge in [-0.05, 0) is 48.1 Å². The van der Waals surface area contributed by atoms with Crippen LogP contribution in [0.1, 0.15) is 22.5 Å². The van der Waals surface area contributed by atoms with Crippen LogP contribution in [0, 0.1) is 13.8 Å². The summed E-state index contributed by atoms with van der Waals surface area (Å²) < 4.78 is 5.47. The van der Waals surface area contributed by atoms with E-state index in [-0.39, 0.29) is 0 Å². The first-order chi connectivity index (χ1) is 18.1. The Morgan fingerprint density at radius 1 is 0.892 bits per heavy atom. The number of hydrogen-bond acceptors (Lipinski definition) is 7. The van der Waals surface area contributed by atoms with E-state index >= 15 is 0 Å². The molecule has 0 fully saturated rings. The molecule has 7 heteroatoms. The van der Waals surface area contributed by atoms with Crippen molar-refractivity contribution in [2.75, 3.05) is 18.5 Å². The van der Waals surface area contributed by atoms with Crippen molar-refractivity contribution >= 4 is 22.3 Å². The van der Waals surface area contributed by atoms with Crippen LogP contribution >= 0.6 is 11.3 Å². The molecule has 0 saturated heterocycles. The number of thiazole rings is 1. The molecule has 2 aromatic heterocycles. The molecule has 0 spiro atoms.